The van der Waals surface area contributed by atoms with Crippen LogP contribution in [0.1, 0.15) is 38.0 Å². The van der Waals surface area contributed by atoms with Crippen molar-refractivity contribution in [1.82, 2.24) is 0 Å². The van der Waals surface area contributed by atoms with Crippen LogP contribution in [0, 0.1) is 5.41 Å². The van der Waals surface area contributed by atoms with Crippen LogP contribution in [-0.2, 0) is 4.43 Å². The van der Waals surface area contributed by atoms with Crippen molar-refractivity contribution in [3.05, 3.63) is 34.3 Å². The Labute approximate surface area is 122 Å². The van der Waals surface area contributed by atoms with Crippen molar-refractivity contribution in [2.24, 2.45) is 10.6 Å². The minimum Gasteiger partial charge on any atom is -0.413 e. The van der Waals surface area contributed by atoms with E-state index >= 15 is 0 Å². The van der Waals surface area contributed by atoms with Crippen LogP contribution in [0.4, 0.5) is 0 Å². The smallest absolute Gasteiger partial charge is 0.171 e. The Morgan fingerprint density at radius 3 is 2.47 bits per heavy atom. The molecule has 5 heteroatoms. The Kier molecular flexibility index (Phi) is 5.59. The van der Waals surface area contributed by atoms with Gasteiger partial charge >= 0.3 is 0 Å². The molecule has 0 heterocycles. The van der Waals surface area contributed by atoms with Crippen LogP contribution in [0.25, 0.3) is 0 Å². The highest BCUT2D eigenvalue weighted by molar-refractivity contribution is 6.48. The maximum Gasteiger partial charge on any atom is 0.171 e. The average Bonchev–Trinajstić information content (AvgIpc) is 2.27. The van der Waals surface area contributed by atoms with Gasteiger partial charge in [0.2, 0.25) is 0 Å². The van der Waals surface area contributed by atoms with Crippen LogP contribution in [0.3, 0.4) is 0 Å². The summed E-state index contributed by atoms with van der Waals surface area (Å²) >= 11 is 6.31. The molecule has 0 saturated carbocycles. The van der Waals surface area contributed by atoms with Crippen molar-refractivity contribution in [1.29, 1.82) is 0 Å². The highest BCUT2D eigenvalue weighted by atomic mass is 35.5. The molecule has 19 heavy (non-hydrogen) atoms. The molecule has 0 fully saturated rings. The zero-order chi connectivity index (χ0) is 14.6. The molecule has 0 aliphatic rings. The molecule has 0 spiro atoms. The molecule has 0 aromatic heterocycles. The molecule has 0 aliphatic carbocycles. The molecule has 1 atom stereocenters. The highest BCUT2D eigenvalue weighted by Gasteiger charge is 2.29. The third kappa shape index (κ3) is 4.64. The topological polar surface area (TPSA) is 41.8 Å². The second-order valence-electron chi connectivity index (χ2n) is 5.96. The van der Waals surface area contributed by atoms with Crippen LogP contribution in [0.5, 0.6) is 0 Å². The summed E-state index contributed by atoms with van der Waals surface area (Å²) in [4.78, 5) is 0. The van der Waals surface area contributed by atoms with E-state index in [0.29, 0.717) is 5.02 Å². The van der Waals surface area contributed by atoms with Gasteiger partial charge in [-0.1, -0.05) is 43.6 Å². The zero-order valence-corrected chi connectivity index (χ0v) is 14.1. The van der Waals surface area contributed by atoms with Crippen molar-refractivity contribution >= 4 is 26.9 Å². The number of oxime groups is 1. The first-order valence-electron chi connectivity index (χ1n) is 6.38. The second-order valence-corrected chi connectivity index (χ2v) is 8.73. The maximum absolute atomic E-state index is 8.64. The van der Waals surface area contributed by atoms with Crippen LogP contribution in [0.15, 0.2) is 23.4 Å². The molecular formula is C14H22ClNO2Si. The van der Waals surface area contributed by atoms with Gasteiger partial charge in [0.05, 0.1) is 12.3 Å². The van der Waals surface area contributed by atoms with Gasteiger partial charge in [0.15, 0.2) is 9.04 Å². The number of hydrogen-bond acceptors (Lipinski definition) is 3. The van der Waals surface area contributed by atoms with E-state index in [1.807, 2.05) is 18.2 Å². The standard InChI is InChI=1S/C14H22ClNO2Si/c1-14(2,3)13(18-19(4)5)11-8-10(9-16-17)6-7-12(11)15/h6-9,13,17,19H,1-5H3/t13-/m0/s1. The molecule has 0 amide bonds. The van der Waals surface area contributed by atoms with E-state index in [-0.39, 0.29) is 11.5 Å². The summed E-state index contributed by atoms with van der Waals surface area (Å²) in [6.45, 7) is 10.7. The SMILES string of the molecule is C[SiH](C)O[C@@H](c1cc(C=NO)ccc1Cl)C(C)(C)C. The lowest BCUT2D eigenvalue weighted by Gasteiger charge is -2.33. The normalized spacial score (nSPS) is 14.3. The number of rotatable bonds is 4. The van der Waals surface area contributed by atoms with Crippen LogP contribution >= 0.6 is 11.6 Å². The highest BCUT2D eigenvalue weighted by Crippen LogP contribution is 2.39. The first-order valence-corrected chi connectivity index (χ1v) is 9.54. The summed E-state index contributed by atoms with van der Waals surface area (Å²) in [6, 6.07) is 5.56. The maximum atomic E-state index is 8.64. The third-order valence-corrected chi connectivity index (χ3v) is 3.86. The summed E-state index contributed by atoms with van der Waals surface area (Å²) in [6.07, 6.45) is 1.34. The summed E-state index contributed by atoms with van der Waals surface area (Å²) in [5, 5.41) is 12.4. The van der Waals surface area contributed by atoms with E-state index in [1.165, 1.54) is 6.21 Å². The Morgan fingerprint density at radius 1 is 1.37 bits per heavy atom. The van der Waals surface area contributed by atoms with Crippen molar-refractivity contribution in [2.45, 2.75) is 40.0 Å². The van der Waals surface area contributed by atoms with Crippen LogP contribution in [0.2, 0.25) is 18.1 Å². The fraction of sp³-hybridized carbons (Fsp3) is 0.500. The van der Waals surface area contributed by atoms with Gasteiger partial charge in [0.25, 0.3) is 0 Å². The molecule has 0 aliphatic heterocycles. The van der Waals surface area contributed by atoms with E-state index in [0.717, 1.165) is 11.1 Å². The fourth-order valence-corrected chi connectivity index (χ4v) is 3.24. The van der Waals surface area contributed by atoms with Gasteiger partial charge in [-0.3, -0.25) is 0 Å². The molecule has 0 radical (unpaired) electrons. The predicted molar refractivity (Wildman–Crippen MR) is 83.0 cm³/mol. The monoisotopic (exact) mass is 299 g/mol. The first-order chi connectivity index (χ1) is 8.75. The van der Waals surface area contributed by atoms with E-state index in [4.69, 9.17) is 21.2 Å². The van der Waals surface area contributed by atoms with Gasteiger partial charge < -0.3 is 9.63 Å². The van der Waals surface area contributed by atoms with Crippen molar-refractivity contribution < 1.29 is 9.63 Å². The minimum absolute atomic E-state index is 0.0457. The molecule has 0 saturated heterocycles. The second kappa shape index (κ2) is 6.55. The largest absolute Gasteiger partial charge is 0.413 e. The first kappa shape index (κ1) is 16.2. The van der Waals surface area contributed by atoms with Gasteiger partial charge in [0, 0.05) is 5.02 Å². The van der Waals surface area contributed by atoms with Crippen LogP contribution < -0.4 is 0 Å². The van der Waals surface area contributed by atoms with Gasteiger partial charge in [-0.2, -0.15) is 0 Å². The zero-order valence-electron chi connectivity index (χ0n) is 12.1. The molecule has 1 aromatic rings. The lowest BCUT2D eigenvalue weighted by Crippen LogP contribution is -2.26. The van der Waals surface area contributed by atoms with Gasteiger partial charge in [-0.15, -0.1) is 0 Å². The van der Waals surface area contributed by atoms with Crippen molar-refractivity contribution in [3.8, 4) is 0 Å². The lowest BCUT2D eigenvalue weighted by molar-refractivity contribution is 0.0867. The minimum atomic E-state index is -1.19. The van der Waals surface area contributed by atoms with Crippen LogP contribution in [-0.4, -0.2) is 20.5 Å². The molecule has 0 unspecified atom stereocenters. The fourth-order valence-electron chi connectivity index (χ4n) is 1.93. The quantitative estimate of drug-likeness (QED) is 0.391. The molecule has 1 N–H and O–H groups in total. The van der Waals surface area contributed by atoms with E-state index in [9.17, 15) is 0 Å². The Morgan fingerprint density at radius 2 is 2.00 bits per heavy atom. The molecule has 3 nitrogen and oxygen atoms in total. The summed E-state index contributed by atoms with van der Waals surface area (Å²) in [5.74, 6) is 0. The molecular weight excluding hydrogens is 278 g/mol. The Bertz CT molecular complexity index is 455. The Balaban J connectivity index is 3.24. The number of benzene rings is 1. The number of hydrogen-bond donors (Lipinski definition) is 1. The van der Waals surface area contributed by atoms with Gasteiger partial charge in [0.1, 0.15) is 0 Å². The molecule has 106 valence electrons. The van der Waals surface area contributed by atoms with E-state index < -0.39 is 9.04 Å². The predicted octanol–water partition coefficient (Wildman–Crippen LogP) is 4.24. The summed E-state index contributed by atoms with van der Waals surface area (Å²) < 4.78 is 6.16. The van der Waals surface area contributed by atoms with Crippen molar-refractivity contribution in [3.63, 3.8) is 0 Å². The third-order valence-electron chi connectivity index (χ3n) is 2.70. The lowest BCUT2D eigenvalue weighted by atomic mass is 9.84. The van der Waals surface area contributed by atoms with E-state index in [1.54, 1.807) is 0 Å². The number of nitrogens with zero attached hydrogens (tertiary/aromatic N) is 1. The Hall–Kier alpha value is -0.843. The summed E-state index contributed by atoms with van der Waals surface area (Å²) in [7, 11) is -1.19. The molecule has 1 aromatic carbocycles. The van der Waals surface area contributed by atoms with Crippen molar-refractivity contribution in [2.75, 3.05) is 0 Å². The molecule has 1 rings (SSSR count). The average molecular weight is 300 g/mol. The van der Waals surface area contributed by atoms with E-state index in [2.05, 4.69) is 39.0 Å². The molecule has 0 bridgehead atoms. The van der Waals surface area contributed by atoms with Gasteiger partial charge in [-0.25, -0.2) is 0 Å². The van der Waals surface area contributed by atoms with Gasteiger partial charge in [-0.05, 0) is 41.8 Å². The number of halogens is 1. The summed E-state index contributed by atoms with van der Waals surface area (Å²) in [5.41, 5.74) is 1.72.